The Kier molecular flexibility index (Phi) is 4.71. The summed E-state index contributed by atoms with van der Waals surface area (Å²) >= 11 is 7.54. The maximum Gasteiger partial charge on any atom is 0.237 e. The van der Waals surface area contributed by atoms with Crippen LogP contribution in [0.3, 0.4) is 0 Å². The van der Waals surface area contributed by atoms with Crippen LogP contribution in [0.2, 0.25) is 5.02 Å². The highest BCUT2D eigenvalue weighted by Gasteiger charge is 2.39. The van der Waals surface area contributed by atoms with E-state index in [0.29, 0.717) is 6.54 Å². The molecule has 1 amide bonds. The van der Waals surface area contributed by atoms with Gasteiger partial charge >= 0.3 is 0 Å². The fraction of sp³-hybridized carbons (Fsp3) is 0.412. The molecule has 0 radical (unpaired) electrons. The van der Waals surface area contributed by atoms with Crippen LogP contribution in [0.1, 0.15) is 31.9 Å². The molecule has 2 N–H and O–H groups in total. The van der Waals surface area contributed by atoms with Crippen molar-refractivity contribution in [1.82, 2.24) is 9.88 Å². The third-order valence-corrected chi connectivity index (χ3v) is 5.76. The van der Waals surface area contributed by atoms with Gasteiger partial charge in [-0.3, -0.25) is 9.69 Å². The molecular weight excluding hydrogens is 330 g/mol. The highest BCUT2D eigenvalue weighted by Crippen LogP contribution is 2.31. The van der Waals surface area contributed by atoms with Gasteiger partial charge in [0.25, 0.3) is 0 Å². The highest BCUT2D eigenvalue weighted by molar-refractivity contribution is 7.13. The van der Waals surface area contributed by atoms with Crippen molar-refractivity contribution in [1.29, 1.82) is 0 Å². The van der Waals surface area contributed by atoms with E-state index in [9.17, 15) is 4.79 Å². The number of aromatic nitrogens is 1. The van der Waals surface area contributed by atoms with Gasteiger partial charge in [0.05, 0.1) is 11.2 Å². The lowest BCUT2D eigenvalue weighted by molar-refractivity contribution is -0.132. The number of primary amides is 1. The highest BCUT2D eigenvalue weighted by atomic mass is 35.5. The molecule has 2 aromatic rings. The van der Waals surface area contributed by atoms with Crippen molar-refractivity contribution in [3.05, 3.63) is 40.4 Å². The van der Waals surface area contributed by atoms with Gasteiger partial charge in [0, 0.05) is 22.5 Å². The molecule has 1 fully saturated rings. The number of carbonyl (C=O) groups is 1. The molecule has 23 heavy (non-hydrogen) atoms. The molecule has 1 aliphatic rings. The molecule has 6 heteroatoms. The lowest BCUT2D eigenvalue weighted by Gasteiger charge is -2.42. The van der Waals surface area contributed by atoms with Gasteiger partial charge in [0.1, 0.15) is 5.01 Å². The molecule has 3 rings (SSSR count). The Morgan fingerprint density at radius 2 is 2.13 bits per heavy atom. The van der Waals surface area contributed by atoms with Crippen molar-refractivity contribution in [2.45, 2.75) is 38.3 Å². The van der Waals surface area contributed by atoms with E-state index in [4.69, 9.17) is 22.3 Å². The first-order chi connectivity index (χ1) is 11.0. The summed E-state index contributed by atoms with van der Waals surface area (Å²) in [5.74, 6) is -0.245. The van der Waals surface area contributed by atoms with E-state index in [0.717, 1.165) is 47.1 Å². The summed E-state index contributed by atoms with van der Waals surface area (Å²) in [5, 5.41) is 3.74. The number of carbonyl (C=O) groups excluding carboxylic acids is 1. The molecule has 1 aliphatic heterocycles. The Morgan fingerprint density at radius 3 is 2.83 bits per heavy atom. The van der Waals surface area contributed by atoms with Gasteiger partial charge in [-0.15, -0.1) is 11.3 Å². The van der Waals surface area contributed by atoms with E-state index < -0.39 is 5.54 Å². The van der Waals surface area contributed by atoms with Crippen LogP contribution in [0.4, 0.5) is 0 Å². The van der Waals surface area contributed by atoms with E-state index in [1.165, 1.54) is 0 Å². The molecule has 0 saturated carbocycles. The zero-order valence-corrected chi connectivity index (χ0v) is 14.7. The number of halogens is 1. The Morgan fingerprint density at radius 1 is 1.39 bits per heavy atom. The zero-order valence-electron chi connectivity index (χ0n) is 13.1. The molecule has 0 spiro atoms. The SMILES string of the molecule is CC1(C(N)=O)CCCCN1Cc1csc(-c2ccc(Cl)cc2)n1. The van der Waals surface area contributed by atoms with Gasteiger partial charge in [-0.2, -0.15) is 0 Å². The third-order valence-electron chi connectivity index (χ3n) is 4.57. The second kappa shape index (κ2) is 6.59. The fourth-order valence-corrected chi connectivity index (χ4v) is 3.95. The standard InChI is InChI=1S/C17H20ClN3OS/c1-17(16(19)22)8-2-3-9-21(17)10-14-11-23-15(20-14)12-4-6-13(18)7-5-12/h4-7,11H,2-3,8-10H2,1H3,(H2,19,22). The van der Waals surface area contributed by atoms with Crippen LogP contribution in [-0.4, -0.2) is 27.9 Å². The Balaban J connectivity index is 1.78. The monoisotopic (exact) mass is 349 g/mol. The van der Waals surface area contributed by atoms with Crippen LogP contribution in [0.5, 0.6) is 0 Å². The maximum absolute atomic E-state index is 11.9. The smallest absolute Gasteiger partial charge is 0.237 e. The van der Waals surface area contributed by atoms with Crippen LogP contribution >= 0.6 is 22.9 Å². The topological polar surface area (TPSA) is 59.2 Å². The molecule has 1 unspecified atom stereocenters. The van der Waals surface area contributed by atoms with E-state index >= 15 is 0 Å². The molecule has 1 saturated heterocycles. The second-order valence-electron chi connectivity index (χ2n) is 6.17. The largest absolute Gasteiger partial charge is 0.368 e. The first kappa shape index (κ1) is 16.4. The molecule has 1 atom stereocenters. The average Bonchev–Trinajstić information content (AvgIpc) is 2.99. The fourth-order valence-electron chi connectivity index (χ4n) is 3.01. The number of rotatable bonds is 4. The summed E-state index contributed by atoms with van der Waals surface area (Å²) in [5.41, 5.74) is 7.12. The third kappa shape index (κ3) is 3.42. The predicted octanol–water partition coefficient (Wildman–Crippen LogP) is 3.69. The minimum atomic E-state index is -0.567. The van der Waals surface area contributed by atoms with Crippen LogP contribution in [0, 0.1) is 0 Å². The molecule has 1 aromatic carbocycles. The number of nitrogens with zero attached hydrogens (tertiary/aromatic N) is 2. The average molecular weight is 350 g/mol. The minimum absolute atomic E-state index is 0.245. The van der Waals surface area contributed by atoms with Crippen molar-refractivity contribution >= 4 is 28.8 Å². The molecule has 1 aromatic heterocycles. The first-order valence-electron chi connectivity index (χ1n) is 7.74. The van der Waals surface area contributed by atoms with Crippen LogP contribution < -0.4 is 5.73 Å². The van der Waals surface area contributed by atoms with Crippen LogP contribution in [-0.2, 0) is 11.3 Å². The minimum Gasteiger partial charge on any atom is -0.368 e. The molecule has 0 aliphatic carbocycles. The molecule has 2 heterocycles. The predicted molar refractivity (Wildman–Crippen MR) is 94.4 cm³/mol. The molecule has 122 valence electrons. The number of hydrogen-bond donors (Lipinski definition) is 1. The maximum atomic E-state index is 11.9. The van der Waals surface area contributed by atoms with Gasteiger partial charge in [-0.05, 0) is 44.9 Å². The second-order valence-corrected chi connectivity index (χ2v) is 7.46. The quantitative estimate of drug-likeness (QED) is 0.915. The summed E-state index contributed by atoms with van der Waals surface area (Å²) in [6.45, 7) is 3.48. The van der Waals surface area contributed by atoms with Crippen molar-refractivity contribution in [2.24, 2.45) is 5.73 Å². The van der Waals surface area contributed by atoms with Crippen molar-refractivity contribution in [3.8, 4) is 10.6 Å². The zero-order chi connectivity index (χ0) is 16.4. The summed E-state index contributed by atoms with van der Waals surface area (Å²) in [4.78, 5) is 18.8. The van der Waals surface area contributed by atoms with Gasteiger partial charge < -0.3 is 5.73 Å². The lowest BCUT2D eigenvalue weighted by Crippen LogP contribution is -2.57. The summed E-state index contributed by atoms with van der Waals surface area (Å²) in [6.07, 6.45) is 2.95. The van der Waals surface area contributed by atoms with Gasteiger partial charge in [-0.25, -0.2) is 4.98 Å². The first-order valence-corrected chi connectivity index (χ1v) is 9.00. The van der Waals surface area contributed by atoms with Crippen LogP contribution in [0.15, 0.2) is 29.6 Å². The number of hydrogen-bond acceptors (Lipinski definition) is 4. The number of likely N-dealkylation sites (tertiary alicyclic amines) is 1. The van der Waals surface area contributed by atoms with Crippen LogP contribution in [0.25, 0.3) is 10.6 Å². The van der Waals surface area contributed by atoms with Crippen molar-refractivity contribution in [2.75, 3.05) is 6.54 Å². The number of thiazole rings is 1. The normalized spacial score (nSPS) is 22.2. The van der Waals surface area contributed by atoms with Crippen molar-refractivity contribution < 1.29 is 4.79 Å². The van der Waals surface area contributed by atoms with Gasteiger partial charge in [0.2, 0.25) is 5.91 Å². The van der Waals surface area contributed by atoms with E-state index in [1.807, 2.05) is 31.2 Å². The molecular formula is C17H20ClN3OS. The summed E-state index contributed by atoms with van der Waals surface area (Å²) < 4.78 is 0. The lowest BCUT2D eigenvalue weighted by atomic mass is 9.87. The Labute approximate surface area is 145 Å². The Hall–Kier alpha value is -1.43. The van der Waals surface area contributed by atoms with Gasteiger partial charge in [-0.1, -0.05) is 23.7 Å². The summed E-state index contributed by atoms with van der Waals surface area (Å²) in [6, 6.07) is 7.68. The number of amides is 1. The summed E-state index contributed by atoms with van der Waals surface area (Å²) in [7, 11) is 0. The van der Waals surface area contributed by atoms with Gasteiger partial charge in [0.15, 0.2) is 0 Å². The van der Waals surface area contributed by atoms with E-state index in [1.54, 1.807) is 11.3 Å². The number of benzene rings is 1. The molecule has 0 bridgehead atoms. The number of nitrogens with two attached hydrogens (primary N) is 1. The van der Waals surface area contributed by atoms with Crippen molar-refractivity contribution in [3.63, 3.8) is 0 Å². The Bertz CT molecular complexity index is 700. The van der Waals surface area contributed by atoms with E-state index in [2.05, 4.69) is 10.3 Å². The number of piperidine rings is 1. The molecule has 4 nitrogen and oxygen atoms in total. The van der Waals surface area contributed by atoms with E-state index in [-0.39, 0.29) is 5.91 Å².